The Labute approximate surface area is 372 Å². The Morgan fingerprint density at radius 3 is 2.16 bits per heavy atom. The maximum atomic E-state index is 14.5. The van der Waals surface area contributed by atoms with E-state index in [2.05, 4.69) is 16.3 Å². The number of likely N-dealkylation sites (tertiary alicyclic amines) is 1. The molecule has 1 aliphatic carbocycles. The number of hydrogen-bond acceptors (Lipinski definition) is 12. The van der Waals surface area contributed by atoms with Crippen molar-refractivity contribution in [1.82, 2.24) is 15.1 Å². The number of hydrogen-bond donors (Lipinski definition) is 4. The van der Waals surface area contributed by atoms with Crippen molar-refractivity contribution in [2.75, 3.05) is 74.2 Å². The first-order chi connectivity index (χ1) is 29.4. The van der Waals surface area contributed by atoms with E-state index in [4.69, 9.17) is 5.11 Å². The standard InChI is InChI=1S/C43H56N4O11S4/c1-30-26-37-31(10-5-18-46(37)20-8-24-61(53,54)55)27-35(30)42(36-28-32-11-6-19-47(38(32)29-39(36)48)21-9-25-62(56,57)58)33-12-3-4-13-34(33)43(52)45(2)17-7-14-40(49)44-16-23-60-59-22-15-41(50)51/h3-4,12-13,26-29H,5-11,14-25H2,1-2H3,(H,44,49)(H,50,51)(H,53,54,55)(H,56,57,58)/b42-36-. The number of rotatable bonds is 22. The highest BCUT2D eigenvalue weighted by Gasteiger charge is 2.31. The molecule has 15 nitrogen and oxygen atoms in total. The summed E-state index contributed by atoms with van der Waals surface area (Å²) >= 11 is 0. The van der Waals surface area contributed by atoms with Gasteiger partial charge < -0.3 is 25.1 Å². The molecular formula is C43H56N4O11S4. The quantitative estimate of drug-likeness (QED) is 0.0502. The summed E-state index contributed by atoms with van der Waals surface area (Å²) in [6.07, 6.45) is 7.59. The highest BCUT2D eigenvalue weighted by atomic mass is 33.1. The number of aliphatic carboxylic acids is 1. The number of carboxylic acid groups (broad SMARTS) is 1. The number of fused-ring (bicyclic) bond motifs is 2. The fraction of sp³-hybridized carbons (Fsp3) is 0.488. The van der Waals surface area contributed by atoms with Gasteiger partial charge in [0.15, 0.2) is 5.78 Å². The van der Waals surface area contributed by atoms with Gasteiger partial charge in [-0.2, -0.15) is 16.8 Å². The summed E-state index contributed by atoms with van der Waals surface area (Å²) in [4.78, 5) is 57.8. The lowest BCUT2D eigenvalue weighted by molar-refractivity contribution is -0.136. The van der Waals surface area contributed by atoms with Crippen LogP contribution in [0, 0.1) is 6.92 Å². The zero-order valence-electron chi connectivity index (χ0n) is 35.1. The van der Waals surface area contributed by atoms with E-state index in [0.717, 1.165) is 47.2 Å². The lowest BCUT2D eigenvalue weighted by atomic mass is 9.81. The Morgan fingerprint density at radius 1 is 0.823 bits per heavy atom. The van der Waals surface area contributed by atoms with Crippen molar-refractivity contribution >= 4 is 76.7 Å². The Morgan fingerprint density at radius 2 is 1.47 bits per heavy atom. The third-order valence-corrected chi connectivity index (χ3v) is 14.9. The van der Waals surface area contributed by atoms with Gasteiger partial charge in [0.1, 0.15) is 0 Å². The number of carboxylic acids is 1. The second-order valence-corrected chi connectivity index (χ2v) is 21.5. The van der Waals surface area contributed by atoms with Crippen LogP contribution in [0.1, 0.15) is 84.0 Å². The fourth-order valence-electron chi connectivity index (χ4n) is 7.98. The van der Waals surface area contributed by atoms with E-state index >= 15 is 0 Å². The number of ketones is 1. The summed E-state index contributed by atoms with van der Waals surface area (Å²) in [5.41, 5.74) is 7.10. The smallest absolute Gasteiger partial charge is 0.304 e. The summed E-state index contributed by atoms with van der Waals surface area (Å²) < 4.78 is 64.5. The predicted octanol–water partition coefficient (Wildman–Crippen LogP) is 5.42. The maximum Gasteiger partial charge on any atom is 0.304 e. The minimum Gasteiger partial charge on any atom is -0.481 e. The highest BCUT2D eigenvalue weighted by Crippen LogP contribution is 2.41. The third kappa shape index (κ3) is 14.2. The first kappa shape index (κ1) is 48.9. The number of piperidine rings is 1. The lowest BCUT2D eigenvalue weighted by Crippen LogP contribution is -2.33. The average Bonchev–Trinajstić information content (AvgIpc) is 3.20. The number of carbonyl (C=O) groups is 4. The third-order valence-electron chi connectivity index (χ3n) is 10.9. The molecule has 19 heteroatoms. The zero-order chi connectivity index (χ0) is 45.0. The molecule has 4 N–H and O–H groups in total. The van der Waals surface area contributed by atoms with E-state index in [1.807, 2.05) is 36.1 Å². The van der Waals surface area contributed by atoms with E-state index in [-0.39, 0.29) is 49.0 Å². The van der Waals surface area contributed by atoms with Crippen LogP contribution in [-0.2, 0) is 41.0 Å². The van der Waals surface area contributed by atoms with Gasteiger partial charge in [0, 0.05) is 98.4 Å². The van der Waals surface area contributed by atoms with Crippen LogP contribution in [0.15, 0.2) is 65.4 Å². The van der Waals surface area contributed by atoms with E-state index in [1.54, 1.807) is 30.2 Å². The normalized spacial score (nSPS) is 16.2. The molecule has 0 atom stereocenters. The van der Waals surface area contributed by atoms with Crippen molar-refractivity contribution in [3.05, 3.63) is 93.2 Å². The van der Waals surface area contributed by atoms with Crippen molar-refractivity contribution in [2.45, 2.75) is 64.7 Å². The molecule has 0 bridgehead atoms. The number of amides is 2. The zero-order valence-corrected chi connectivity index (χ0v) is 38.4. The molecule has 2 amide bonds. The molecule has 0 unspecified atom stereocenters. The first-order valence-corrected chi connectivity index (χ1v) is 26.5. The van der Waals surface area contributed by atoms with E-state index in [9.17, 15) is 45.1 Å². The molecule has 5 rings (SSSR count). The first-order valence-electron chi connectivity index (χ1n) is 20.7. The van der Waals surface area contributed by atoms with Gasteiger partial charge in [0.05, 0.1) is 17.9 Å². The lowest BCUT2D eigenvalue weighted by Gasteiger charge is -2.35. The monoisotopic (exact) mass is 932 g/mol. The van der Waals surface area contributed by atoms with Crippen LogP contribution in [0.25, 0.3) is 5.57 Å². The molecular weight excluding hydrogens is 877 g/mol. The van der Waals surface area contributed by atoms with Crippen LogP contribution in [0.5, 0.6) is 0 Å². The van der Waals surface area contributed by atoms with Gasteiger partial charge in [0.25, 0.3) is 26.1 Å². The molecule has 2 heterocycles. The van der Waals surface area contributed by atoms with E-state index < -0.39 is 32.0 Å². The molecule has 1 saturated heterocycles. The van der Waals surface area contributed by atoms with Crippen LogP contribution in [-0.4, -0.2) is 134 Å². The predicted molar refractivity (Wildman–Crippen MR) is 245 cm³/mol. The van der Waals surface area contributed by atoms with Gasteiger partial charge in [-0.1, -0.05) is 39.8 Å². The van der Waals surface area contributed by atoms with Crippen LogP contribution in [0.3, 0.4) is 0 Å². The molecule has 62 heavy (non-hydrogen) atoms. The van der Waals surface area contributed by atoms with Crippen LogP contribution < -0.4 is 10.2 Å². The summed E-state index contributed by atoms with van der Waals surface area (Å²) in [6, 6.07) is 11.3. The Kier molecular flexibility index (Phi) is 17.7. The van der Waals surface area contributed by atoms with E-state index in [1.165, 1.54) is 21.6 Å². The summed E-state index contributed by atoms with van der Waals surface area (Å²) in [7, 11) is -3.63. The second kappa shape index (κ2) is 22.5. The molecule has 3 aliphatic rings. The van der Waals surface area contributed by atoms with Gasteiger partial charge >= 0.3 is 5.97 Å². The maximum absolute atomic E-state index is 14.5. The molecule has 0 saturated carbocycles. The largest absolute Gasteiger partial charge is 0.481 e. The topological polar surface area (TPSA) is 219 Å². The summed E-state index contributed by atoms with van der Waals surface area (Å²) in [6.45, 7) is 4.78. The molecule has 2 aromatic rings. The number of nitrogens with one attached hydrogen (secondary N) is 1. The molecule has 338 valence electrons. The fourth-order valence-corrected chi connectivity index (χ4v) is 10.9. The Hall–Kier alpha value is -4.14. The molecule has 0 radical (unpaired) electrons. The Bertz CT molecular complexity index is 2330. The minimum atomic E-state index is -4.14. The number of carbonyl (C=O) groups excluding carboxylic acids is 3. The summed E-state index contributed by atoms with van der Waals surface area (Å²) in [5, 5.41) is 11.6. The molecule has 2 aromatic carbocycles. The van der Waals surface area contributed by atoms with Gasteiger partial charge in [-0.05, 0) is 104 Å². The molecule has 2 aliphatic heterocycles. The number of aryl methyl sites for hydroxylation is 2. The van der Waals surface area contributed by atoms with Gasteiger partial charge in [-0.25, -0.2) is 0 Å². The van der Waals surface area contributed by atoms with Gasteiger partial charge in [0.2, 0.25) is 5.91 Å². The number of anilines is 1. The van der Waals surface area contributed by atoms with Gasteiger partial charge in [-0.15, -0.1) is 0 Å². The van der Waals surface area contributed by atoms with Gasteiger partial charge in [-0.3, -0.25) is 28.3 Å². The van der Waals surface area contributed by atoms with Crippen molar-refractivity contribution in [1.29, 1.82) is 0 Å². The van der Waals surface area contributed by atoms with E-state index in [0.29, 0.717) is 91.6 Å². The van der Waals surface area contributed by atoms with Crippen molar-refractivity contribution in [2.24, 2.45) is 0 Å². The highest BCUT2D eigenvalue weighted by molar-refractivity contribution is 8.76. The summed E-state index contributed by atoms with van der Waals surface area (Å²) in [5.74, 6) is -1.18. The van der Waals surface area contributed by atoms with Crippen molar-refractivity contribution in [3.8, 4) is 0 Å². The second-order valence-electron chi connectivity index (χ2n) is 15.6. The van der Waals surface area contributed by atoms with Crippen LogP contribution >= 0.6 is 21.6 Å². The number of allylic oxidation sites excluding steroid dienone is 4. The Balaban J connectivity index is 1.45. The van der Waals surface area contributed by atoms with Crippen LogP contribution in [0.2, 0.25) is 0 Å². The minimum absolute atomic E-state index is 0.0802. The van der Waals surface area contributed by atoms with Crippen molar-refractivity contribution in [3.63, 3.8) is 0 Å². The average molecular weight is 933 g/mol. The molecule has 1 fully saturated rings. The molecule has 0 aromatic heterocycles. The molecule has 0 spiro atoms. The number of nitrogens with zero attached hydrogens (tertiary/aromatic N) is 3. The van der Waals surface area contributed by atoms with Crippen LogP contribution in [0.4, 0.5) is 5.69 Å². The SMILES string of the molecule is Cc1cc2c(cc1/C(=C1/C=C3CCCN(CCCS(=O)(=O)O)C3=CC1=O)c1ccccc1C(=O)N(C)CCCC(=O)NCCSSCCC(=O)O)CCCN2CCCS(=O)(=O)O. The number of benzene rings is 2. The van der Waals surface area contributed by atoms with Crippen molar-refractivity contribution < 1.29 is 50.2 Å².